The molecule has 4 rings (SSSR count). The number of carbonyl (C=O) groups is 1. The van der Waals surface area contributed by atoms with Gasteiger partial charge in [-0.25, -0.2) is 9.67 Å². The molecule has 27 heavy (non-hydrogen) atoms. The summed E-state index contributed by atoms with van der Waals surface area (Å²) < 4.78 is 1.86. The number of nitrogens with one attached hydrogen (secondary N) is 1. The molecule has 1 N–H and O–H groups in total. The highest BCUT2D eigenvalue weighted by atomic mass is 32.1. The van der Waals surface area contributed by atoms with Crippen LogP contribution in [0.5, 0.6) is 0 Å². The van der Waals surface area contributed by atoms with Crippen molar-refractivity contribution in [2.24, 2.45) is 0 Å². The SMILES string of the molecule is Cc1ccccc1-c1cc(C(=O)Nc2ccsc2)c2cnn(C(C)C)c2n1. The summed E-state index contributed by atoms with van der Waals surface area (Å²) in [6, 6.07) is 12.0. The van der Waals surface area contributed by atoms with Crippen molar-refractivity contribution in [3.05, 3.63) is 64.5 Å². The van der Waals surface area contributed by atoms with Crippen molar-refractivity contribution in [1.82, 2.24) is 14.8 Å². The molecule has 0 saturated carbocycles. The maximum atomic E-state index is 13.0. The lowest BCUT2D eigenvalue weighted by atomic mass is 10.0. The molecule has 3 aromatic heterocycles. The molecular formula is C21H20N4OS. The Bertz CT molecular complexity index is 1110. The molecule has 0 fully saturated rings. The molecule has 0 aliphatic carbocycles. The van der Waals surface area contributed by atoms with Crippen molar-refractivity contribution in [3.8, 4) is 11.3 Å². The number of anilines is 1. The van der Waals surface area contributed by atoms with Gasteiger partial charge in [0.25, 0.3) is 5.91 Å². The third-order valence-electron chi connectivity index (χ3n) is 4.50. The summed E-state index contributed by atoms with van der Waals surface area (Å²) in [5.41, 5.74) is 5.00. The van der Waals surface area contributed by atoms with Crippen LogP contribution in [0.4, 0.5) is 5.69 Å². The Kier molecular flexibility index (Phi) is 4.49. The summed E-state index contributed by atoms with van der Waals surface area (Å²) in [4.78, 5) is 17.9. The molecule has 0 unspecified atom stereocenters. The van der Waals surface area contributed by atoms with Crippen LogP contribution in [0.2, 0.25) is 0 Å². The average Bonchev–Trinajstić information content (AvgIpc) is 3.30. The van der Waals surface area contributed by atoms with Gasteiger partial charge in [-0.05, 0) is 43.8 Å². The lowest BCUT2D eigenvalue weighted by Gasteiger charge is -2.12. The Hall–Kier alpha value is -2.99. The molecule has 4 aromatic rings. The first kappa shape index (κ1) is 17.4. The number of pyridine rings is 1. The highest BCUT2D eigenvalue weighted by Crippen LogP contribution is 2.28. The van der Waals surface area contributed by atoms with E-state index < -0.39 is 0 Å². The van der Waals surface area contributed by atoms with E-state index in [4.69, 9.17) is 4.98 Å². The Labute approximate surface area is 161 Å². The van der Waals surface area contributed by atoms with Gasteiger partial charge in [-0.2, -0.15) is 16.4 Å². The summed E-state index contributed by atoms with van der Waals surface area (Å²) in [5.74, 6) is -0.154. The van der Waals surface area contributed by atoms with Crippen LogP contribution in [0.3, 0.4) is 0 Å². The molecule has 1 aromatic carbocycles. The highest BCUT2D eigenvalue weighted by molar-refractivity contribution is 7.08. The van der Waals surface area contributed by atoms with E-state index >= 15 is 0 Å². The number of rotatable bonds is 4. The molecule has 0 radical (unpaired) electrons. The molecule has 0 saturated heterocycles. The van der Waals surface area contributed by atoms with Gasteiger partial charge in [0.1, 0.15) is 0 Å². The summed E-state index contributed by atoms with van der Waals surface area (Å²) in [5, 5.41) is 12.0. The lowest BCUT2D eigenvalue weighted by Crippen LogP contribution is -2.13. The summed E-state index contributed by atoms with van der Waals surface area (Å²) in [6.07, 6.45) is 1.73. The first-order valence-corrected chi connectivity index (χ1v) is 9.76. The van der Waals surface area contributed by atoms with E-state index in [2.05, 4.69) is 24.3 Å². The maximum absolute atomic E-state index is 13.0. The van der Waals surface area contributed by atoms with E-state index in [1.165, 1.54) is 0 Å². The second-order valence-electron chi connectivity index (χ2n) is 6.76. The number of aromatic nitrogens is 3. The Morgan fingerprint density at radius 3 is 2.74 bits per heavy atom. The van der Waals surface area contributed by atoms with Gasteiger partial charge in [-0.15, -0.1) is 0 Å². The molecule has 3 heterocycles. The average molecular weight is 376 g/mol. The quantitative estimate of drug-likeness (QED) is 0.526. The predicted molar refractivity (Wildman–Crippen MR) is 110 cm³/mol. The number of aryl methyl sites for hydroxylation is 1. The highest BCUT2D eigenvalue weighted by Gasteiger charge is 2.19. The van der Waals surface area contributed by atoms with Crippen molar-refractivity contribution in [3.63, 3.8) is 0 Å². The number of carbonyl (C=O) groups excluding carboxylic acids is 1. The van der Waals surface area contributed by atoms with Crippen LogP contribution in [0.25, 0.3) is 22.3 Å². The minimum absolute atomic E-state index is 0.148. The van der Waals surface area contributed by atoms with Gasteiger partial charge in [0.2, 0.25) is 0 Å². The van der Waals surface area contributed by atoms with Crippen LogP contribution < -0.4 is 5.32 Å². The van der Waals surface area contributed by atoms with Gasteiger partial charge >= 0.3 is 0 Å². The van der Waals surface area contributed by atoms with Crippen molar-refractivity contribution >= 4 is 34.0 Å². The number of hydrogen-bond acceptors (Lipinski definition) is 4. The van der Waals surface area contributed by atoms with E-state index in [1.807, 2.05) is 58.8 Å². The largest absolute Gasteiger partial charge is 0.321 e. The van der Waals surface area contributed by atoms with Crippen molar-refractivity contribution in [2.75, 3.05) is 5.32 Å². The number of amides is 1. The van der Waals surface area contributed by atoms with Gasteiger partial charge in [0.05, 0.1) is 28.5 Å². The zero-order valence-electron chi connectivity index (χ0n) is 15.4. The third kappa shape index (κ3) is 3.24. The van der Waals surface area contributed by atoms with Gasteiger partial charge in [0.15, 0.2) is 5.65 Å². The molecule has 0 bridgehead atoms. The molecule has 1 amide bonds. The first-order valence-electron chi connectivity index (χ1n) is 8.82. The van der Waals surface area contributed by atoms with Crippen LogP contribution in [-0.2, 0) is 0 Å². The monoisotopic (exact) mass is 376 g/mol. The van der Waals surface area contributed by atoms with E-state index in [0.29, 0.717) is 5.56 Å². The third-order valence-corrected chi connectivity index (χ3v) is 5.18. The minimum atomic E-state index is -0.154. The minimum Gasteiger partial charge on any atom is -0.321 e. The lowest BCUT2D eigenvalue weighted by molar-refractivity contribution is 0.102. The van der Waals surface area contributed by atoms with Gasteiger partial charge in [0, 0.05) is 17.0 Å². The molecular weight excluding hydrogens is 356 g/mol. The van der Waals surface area contributed by atoms with E-state index in [-0.39, 0.29) is 11.9 Å². The number of thiophene rings is 1. The topological polar surface area (TPSA) is 59.8 Å². The Morgan fingerprint density at radius 1 is 1.22 bits per heavy atom. The summed E-state index contributed by atoms with van der Waals surface area (Å²) >= 11 is 1.55. The molecule has 0 atom stereocenters. The van der Waals surface area contributed by atoms with Gasteiger partial charge in [-0.3, -0.25) is 4.79 Å². The van der Waals surface area contributed by atoms with Crippen molar-refractivity contribution < 1.29 is 4.79 Å². The first-order chi connectivity index (χ1) is 13.0. The summed E-state index contributed by atoms with van der Waals surface area (Å²) in [7, 11) is 0. The molecule has 5 nitrogen and oxygen atoms in total. The number of fused-ring (bicyclic) bond motifs is 1. The van der Waals surface area contributed by atoms with E-state index in [0.717, 1.165) is 33.5 Å². The Balaban J connectivity index is 1.91. The standard InChI is InChI=1S/C21H20N4OS/c1-13(2)25-20-18(11-22-25)17(21(26)23-15-8-9-27-12-15)10-19(24-20)16-7-5-4-6-14(16)3/h4-13H,1-3H3,(H,23,26). The van der Waals surface area contributed by atoms with Crippen molar-refractivity contribution in [2.45, 2.75) is 26.8 Å². The molecule has 0 aliphatic heterocycles. The fraction of sp³-hybridized carbons (Fsp3) is 0.190. The van der Waals surface area contributed by atoms with Gasteiger partial charge in [-0.1, -0.05) is 24.3 Å². The molecule has 136 valence electrons. The smallest absolute Gasteiger partial charge is 0.256 e. The second-order valence-corrected chi connectivity index (χ2v) is 7.54. The second kappa shape index (κ2) is 6.96. The van der Waals surface area contributed by atoms with Crippen LogP contribution in [0.15, 0.2) is 53.4 Å². The maximum Gasteiger partial charge on any atom is 0.256 e. The van der Waals surface area contributed by atoms with Crippen LogP contribution in [0, 0.1) is 6.92 Å². The number of hydrogen-bond donors (Lipinski definition) is 1. The van der Waals surface area contributed by atoms with Gasteiger partial charge < -0.3 is 5.32 Å². The van der Waals surface area contributed by atoms with Crippen LogP contribution in [-0.4, -0.2) is 20.7 Å². The summed E-state index contributed by atoms with van der Waals surface area (Å²) in [6.45, 7) is 6.16. The fourth-order valence-electron chi connectivity index (χ4n) is 3.12. The number of benzene rings is 1. The van der Waals surface area contributed by atoms with Crippen LogP contribution >= 0.6 is 11.3 Å². The van der Waals surface area contributed by atoms with E-state index in [9.17, 15) is 4.79 Å². The molecule has 0 spiro atoms. The van der Waals surface area contributed by atoms with Crippen LogP contribution in [0.1, 0.15) is 35.8 Å². The zero-order chi connectivity index (χ0) is 19.0. The fourth-order valence-corrected chi connectivity index (χ4v) is 3.70. The Morgan fingerprint density at radius 2 is 2.04 bits per heavy atom. The predicted octanol–water partition coefficient (Wildman–Crippen LogP) is 5.30. The normalized spacial score (nSPS) is 11.3. The van der Waals surface area contributed by atoms with E-state index in [1.54, 1.807) is 17.5 Å². The zero-order valence-corrected chi connectivity index (χ0v) is 16.2. The van der Waals surface area contributed by atoms with Crippen molar-refractivity contribution in [1.29, 1.82) is 0 Å². The number of nitrogens with zero attached hydrogens (tertiary/aromatic N) is 3. The molecule has 0 aliphatic rings. The molecule has 6 heteroatoms.